The molecule has 2 N–H and O–H groups in total. The fourth-order valence-corrected chi connectivity index (χ4v) is 2.87. The number of benzene rings is 2. The van der Waals surface area contributed by atoms with Gasteiger partial charge in [0, 0.05) is 5.92 Å². The van der Waals surface area contributed by atoms with Crippen LogP contribution in [0.1, 0.15) is 37.3 Å². The first-order valence-electron chi connectivity index (χ1n) is 8.94. The van der Waals surface area contributed by atoms with Crippen molar-refractivity contribution in [2.24, 2.45) is 5.73 Å². The molecule has 0 aliphatic heterocycles. The van der Waals surface area contributed by atoms with E-state index in [1.165, 1.54) is 5.56 Å². The second-order valence-corrected chi connectivity index (χ2v) is 5.94. The van der Waals surface area contributed by atoms with Gasteiger partial charge in [-0.1, -0.05) is 31.2 Å². The summed E-state index contributed by atoms with van der Waals surface area (Å²) < 4.78 is 17.0. The number of hydrogen-bond acceptors (Lipinski definition) is 4. The molecule has 2 aromatic carbocycles. The van der Waals surface area contributed by atoms with Crippen LogP contribution in [0.3, 0.4) is 0 Å². The van der Waals surface area contributed by atoms with Crippen LogP contribution in [0.15, 0.2) is 42.5 Å². The average Bonchev–Trinajstić information content (AvgIpc) is 2.65. The van der Waals surface area contributed by atoms with Crippen LogP contribution in [-0.4, -0.2) is 26.9 Å². The Labute approximate surface area is 150 Å². The van der Waals surface area contributed by atoms with Crippen LogP contribution in [0.25, 0.3) is 0 Å². The Balaban J connectivity index is 2.25. The van der Waals surface area contributed by atoms with E-state index in [4.69, 9.17) is 19.9 Å². The summed E-state index contributed by atoms with van der Waals surface area (Å²) in [5.41, 5.74) is 8.37. The Bertz CT molecular complexity index is 657. The van der Waals surface area contributed by atoms with E-state index in [2.05, 4.69) is 25.1 Å². The Hall–Kier alpha value is -2.20. The maximum absolute atomic E-state index is 6.08. The topological polar surface area (TPSA) is 53.7 Å². The highest BCUT2D eigenvalue weighted by atomic mass is 16.5. The van der Waals surface area contributed by atoms with Crippen molar-refractivity contribution in [1.82, 2.24) is 0 Å². The normalized spacial score (nSPS) is 11.8. The van der Waals surface area contributed by atoms with Gasteiger partial charge < -0.3 is 19.9 Å². The van der Waals surface area contributed by atoms with Gasteiger partial charge in [-0.3, -0.25) is 0 Å². The van der Waals surface area contributed by atoms with Crippen molar-refractivity contribution in [3.05, 3.63) is 53.6 Å². The molecule has 0 aromatic heterocycles. The van der Waals surface area contributed by atoms with E-state index in [0.29, 0.717) is 13.2 Å². The summed E-state index contributed by atoms with van der Waals surface area (Å²) in [6.45, 7) is 5.96. The van der Waals surface area contributed by atoms with E-state index in [1.54, 1.807) is 7.11 Å². The number of nitrogens with two attached hydrogens (primary N) is 1. The van der Waals surface area contributed by atoms with Gasteiger partial charge in [0.1, 0.15) is 5.75 Å². The molecule has 0 radical (unpaired) electrons. The van der Waals surface area contributed by atoms with E-state index < -0.39 is 0 Å². The van der Waals surface area contributed by atoms with Gasteiger partial charge in [-0.25, -0.2) is 0 Å². The average molecular weight is 343 g/mol. The van der Waals surface area contributed by atoms with Crippen LogP contribution in [0.4, 0.5) is 0 Å². The maximum atomic E-state index is 6.08. The molecule has 0 fully saturated rings. The highest BCUT2D eigenvalue weighted by Crippen LogP contribution is 2.34. The van der Waals surface area contributed by atoms with Crippen molar-refractivity contribution < 1.29 is 14.2 Å². The summed E-state index contributed by atoms with van der Waals surface area (Å²) in [5, 5.41) is 0. The Kier molecular flexibility index (Phi) is 7.61. The van der Waals surface area contributed by atoms with E-state index in [-0.39, 0.29) is 5.92 Å². The standard InChI is InChI=1S/C21H29NO3/c1-4-12-25-19-10-6-8-16(14-19)18(15-22)13-17-9-7-11-20(23-3)21(17)24-5-2/h6-11,14,18H,4-5,12-13,15,22H2,1-3H3. The second kappa shape index (κ2) is 9.94. The molecule has 4 heteroatoms. The maximum Gasteiger partial charge on any atom is 0.164 e. The van der Waals surface area contributed by atoms with Gasteiger partial charge in [0.2, 0.25) is 0 Å². The van der Waals surface area contributed by atoms with Gasteiger partial charge >= 0.3 is 0 Å². The van der Waals surface area contributed by atoms with Gasteiger partial charge in [-0.15, -0.1) is 0 Å². The molecule has 0 spiro atoms. The van der Waals surface area contributed by atoms with E-state index >= 15 is 0 Å². The molecule has 0 amide bonds. The molecule has 136 valence electrons. The Morgan fingerprint density at radius 2 is 1.84 bits per heavy atom. The Morgan fingerprint density at radius 1 is 1.04 bits per heavy atom. The third-order valence-electron chi connectivity index (χ3n) is 4.12. The van der Waals surface area contributed by atoms with Crippen LogP contribution >= 0.6 is 0 Å². The van der Waals surface area contributed by atoms with E-state index in [0.717, 1.165) is 42.3 Å². The molecule has 25 heavy (non-hydrogen) atoms. The lowest BCUT2D eigenvalue weighted by Crippen LogP contribution is -2.16. The third kappa shape index (κ3) is 5.13. The van der Waals surface area contributed by atoms with Crippen molar-refractivity contribution in [3.63, 3.8) is 0 Å². The highest BCUT2D eigenvalue weighted by molar-refractivity contribution is 5.47. The van der Waals surface area contributed by atoms with Crippen molar-refractivity contribution in [2.45, 2.75) is 32.6 Å². The molecule has 0 saturated carbocycles. The largest absolute Gasteiger partial charge is 0.494 e. The van der Waals surface area contributed by atoms with Gasteiger partial charge in [0.15, 0.2) is 11.5 Å². The predicted molar refractivity (Wildman–Crippen MR) is 102 cm³/mol. The van der Waals surface area contributed by atoms with Crippen LogP contribution < -0.4 is 19.9 Å². The zero-order chi connectivity index (χ0) is 18.1. The zero-order valence-corrected chi connectivity index (χ0v) is 15.5. The minimum Gasteiger partial charge on any atom is -0.494 e. The van der Waals surface area contributed by atoms with E-state index in [1.807, 2.05) is 31.2 Å². The molecule has 0 saturated heterocycles. The molecule has 1 unspecified atom stereocenters. The minimum absolute atomic E-state index is 0.191. The first-order valence-corrected chi connectivity index (χ1v) is 8.94. The van der Waals surface area contributed by atoms with Crippen molar-refractivity contribution in [1.29, 1.82) is 0 Å². The monoisotopic (exact) mass is 343 g/mol. The third-order valence-corrected chi connectivity index (χ3v) is 4.12. The van der Waals surface area contributed by atoms with Gasteiger partial charge in [0.25, 0.3) is 0 Å². The lowest BCUT2D eigenvalue weighted by atomic mass is 9.91. The lowest BCUT2D eigenvalue weighted by molar-refractivity contribution is 0.307. The Morgan fingerprint density at radius 3 is 2.52 bits per heavy atom. The molecule has 4 nitrogen and oxygen atoms in total. The van der Waals surface area contributed by atoms with Crippen molar-refractivity contribution in [2.75, 3.05) is 26.9 Å². The number of hydrogen-bond donors (Lipinski definition) is 1. The SMILES string of the molecule is CCCOc1cccc(C(CN)Cc2cccc(OC)c2OCC)c1. The van der Waals surface area contributed by atoms with Crippen LogP contribution in [-0.2, 0) is 6.42 Å². The summed E-state index contributed by atoms with van der Waals surface area (Å²) in [5.74, 6) is 2.66. The van der Waals surface area contributed by atoms with Gasteiger partial charge in [0.05, 0.1) is 20.3 Å². The van der Waals surface area contributed by atoms with Crippen molar-refractivity contribution in [3.8, 4) is 17.2 Å². The highest BCUT2D eigenvalue weighted by Gasteiger charge is 2.17. The number of rotatable bonds is 10. The molecule has 0 heterocycles. The molecule has 0 aliphatic carbocycles. The quantitative estimate of drug-likeness (QED) is 0.703. The first kappa shape index (κ1) is 19.1. The van der Waals surface area contributed by atoms with Gasteiger partial charge in [-0.2, -0.15) is 0 Å². The second-order valence-electron chi connectivity index (χ2n) is 5.94. The molecular weight excluding hydrogens is 314 g/mol. The smallest absolute Gasteiger partial charge is 0.164 e. The molecule has 1 atom stereocenters. The summed E-state index contributed by atoms with van der Waals surface area (Å²) in [7, 11) is 1.66. The molecule has 0 aliphatic rings. The molecular formula is C21H29NO3. The molecule has 0 bridgehead atoms. The molecule has 2 aromatic rings. The molecule has 2 rings (SSSR count). The fourth-order valence-electron chi connectivity index (χ4n) is 2.87. The van der Waals surface area contributed by atoms with E-state index in [9.17, 15) is 0 Å². The van der Waals surface area contributed by atoms with Crippen LogP contribution in [0.2, 0.25) is 0 Å². The predicted octanol–water partition coefficient (Wildman–Crippen LogP) is 4.17. The minimum atomic E-state index is 0.191. The van der Waals surface area contributed by atoms with Gasteiger partial charge in [-0.05, 0) is 55.6 Å². The number of ether oxygens (including phenoxy) is 3. The lowest BCUT2D eigenvalue weighted by Gasteiger charge is -2.20. The summed E-state index contributed by atoms with van der Waals surface area (Å²) in [6, 6.07) is 14.2. The first-order chi connectivity index (χ1) is 12.2. The fraction of sp³-hybridized carbons (Fsp3) is 0.429. The summed E-state index contributed by atoms with van der Waals surface area (Å²) >= 11 is 0. The van der Waals surface area contributed by atoms with Crippen molar-refractivity contribution >= 4 is 0 Å². The number of methoxy groups -OCH3 is 1. The van der Waals surface area contributed by atoms with Crippen LogP contribution in [0.5, 0.6) is 17.2 Å². The summed E-state index contributed by atoms with van der Waals surface area (Å²) in [6.07, 6.45) is 1.78. The van der Waals surface area contributed by atoms with Crippen LogP contribution in [0, 0.1) is 0 Å². The number of para-hydroxylation sites is 1. The zero-order valence-electron chi connectivity index (χ0n) is 15.5. The summed E-state index contributed by atoms with van der Waals surface area (Å²) in [4.78, 5) is 0.